The maximum Gasteiger partial charge on any atom is 0.344 e. The zero-order valence-electron chi connectivity index (χ0n) is 9.82. The van der Waals surface area contributed by atoms with E-state index in [4.69, 9.17) is 22.7 Å². The summed E-state index contributed by atoms with van der Waals surface area (Å²) in [6, 6.07) is 7.41. The lowest BCUT2D eigenvalue weighted by Gasteiger charge is -2.09. The molecule has 4 N–H and O–H groups in total. The normalized spacial score (nSPS) is 14.2. The first-order valence-corrected chi connectivity index (χ1v) is 5.88. The second-order valence-corrected chi connectivity index (χ2v) is 4.04. The molecule has 0 bridgehead atoms. The predicted octanol–water partition coefficient (Wildman–Crippen LogP) is 1.58. The Bertz CT molecular complexity index is 540. The van der Waals surface area contributed by atoms with Gasteiger partial charge in [0.1, 0.15) is 16.4 Å². The van der Waals surface area contributed by atoms with Crippen LogP contribution in [0.4, 0.5) is 11.4 Å². The minimum Gasteiger partial charge on any atom is -0.462 e. The fraction of sp³-hybridized carbons (Fsp3) is 0.167. The van der Waals surface area contributed by atoms with Crippen LogP contribution in [0.25, 0.3) is 0 Å². The standard InChI is InChI=1S/C12H13N3O2S/c1-2-17-12(16)9-10(13)14-7-5-3-4-6-8(7)15-11(9)18/h3-6,14H,2,13H2,1H3,(H,15,18). The molecule has 1 aliphatic rings. The third-order valence-electron chi connectivity index (χ3n) is 2.42. The van der Waals surface area contributed by atoms with Gasteiger partial charge in [0, 0.05) is 0 Å². The van der Waals surface area contributed by atoms with Crippen LogP contribution >= 0.6 is 12.2 Å². The summed E-state index contributed by atoms with van der Waals surface area (Å²) in [6.45, 7) is 2.00. The fourth-order valence-corrected chi connectivity index (χ4v) is 1.92. The van der Waals surface area contributed by atoms with Crippen LogP contribution in [0.2, 0.25) is 0 Å². The number of benzene rings is 1. The predicted molar refractivity (Wildman–Crippen MR) is 74.1 cm³/mol. The summed E-state index contributed by atoms with van der Waals surface area (Å²) < 4.78 is 4.93. The number of carbonyl (C=O) groups excluding carboxylic acids is 1. The van der Waals surface area contributed by atoms with Gasteiger partial charge in [-0.3, -0.25) is 0 Å². The topological polar surface area (TPSA) is 76.4 Å². The molecule has 0 radical (unpaired) electrons. The first kappa shape index (κ1) is 12.4. The van der Waals surface area contributed by atoms with Crippen LogP contribution in [0, 0.1) is 0 Å². The van der Waals surface area contributed by atoms with Crippen LogP contribution in [-0.4, -0.2) is 17.6 Å². The number of esters is 1. The summed E-state index contributed by atoms with van der Waals surface area (Å²) in [5, 5.41) is 5.92. The SMILES string of the molecule is CCOC(=O)C1=C(N)Nc2ccccc2NC1=S. The number of rotatable bonds is 2. The van der Waals surface area contributed by atoms with Gasteiger partial charge in [-0.1, -0.05) is 24.4 Å². The van der Waals surface area contributed by atoms with Crippen molar-refractivity contribution in [3.8, 4) is 0 Å². The fourth-order valence-electron chi connectivity index (χ4n) is 1.62. The van der Waals surface area contributed by atoms with Crippen LogP contribution in [0.5, 0.6) is 0 Å². The molecule has 1 aromatic carbocycles. The van der Waals surface area contributed by atoms with Crippen LogP contribution < -0.4 is 16.4 Å². The number of hydrogen-bond acceptors (Lipinski definition) is 5. The molecule has 0 fully saturated rings. The number of hydrogen-bond donors (Lipinski definition) is 3. The Morgan fingerprint density at radius 1 is 1.33 bits per heavy atom. The molecule has 0 aliphatic carbocycles. The van der Waals surface area contributed by atoms with Gasteiger partial charge in [-0.05, 0) is 19.1 Å². The molecule has 94 valence electrons. The van der Waals surface area contributed by atoms with E-state index in [2.05, 4.69) is 10.6 Å². The van der Waals surface area contributed by atoms with Gasteiger partial charge < -0.3 is 21.1 Å². The summed E-state index contributed by atoms with van der Waals surface area (Å²) >= 11 is 5.17. The molecule has 5 nitrogen and oxygen atoms in total. The summed E-state index contributed by atoms with van der Waals surface area (Å²) in [5.74, 6) is -0.344. The molecular weight excluding hydrogens is 250 g/mol. The van der Waals surface area contributed by atoms with Gasteiger partial charge in [0.2, 0.25) is 0 Å². The Labute approximate surface area is 110 Å². The van der Waals surface area contributed by atoms with E-state index in [9.17, 15) is 4.79 Å². The molecule has 0 amide bonds. The number of fused-ring (bicyclic) bond motifs is 1. The van der Waals surface area contributed by atoms with Gasteiger partial charge >= 0.3 is 5.97 Å². The van der Waals surface area contributed by atoms with Gasteiger partial charge in [-0.2, -0.15) is 0 Å². The van der Waals surface area contributed by atoms with E-state index >= 15 is 0 Å². The van der Waals surface area contributed by atoms with Crippen molar-refractivity contribution in [3.63, 3.8) is 0 Å². The average Bonchev–Trinajstić information content (AvgIpc) is 2.44. The molecule has 0 unspecified atom stereocenters. The Morgan fingerprint density at radius 2 is 1.94 bits per heavy atom. The number of para-hydroxylation sites is 2. The average molecular weight is 263 g/mol. The van der Waals surface area contributed by atoms with Crippen molar-refractivity contribution in [2.45, 2.75) is 6.92 Å². The van der Waals surface area contributed by atoms with E-state index in [1.165, 1.54) is 0 Å². The largest absolute Gasteiger partial charge is 0.462 e. The van der Waals surface area contributed by atoms with Crippen molar-refractivity contribution < 1.29 is 9.53 Å². The maximum absolute atomic E-state index is 11.8. The van der Waals surface area contributed by atoms with E-state index in [1.807, 2.05) is 24.3 Å². The van der Waals surface area contributed by atoms with Crippen molar-refractivity contribution in [3.05, 3.63) is 35.7 Å². The van der Waals surface area contributed by atoms with E-state index in [0.29, 0.717) is 0 Å². The molecule has 1 heterocycles. The highest BCUT2D eigenvalue weighted by Crippen LogP contribution is 2.26. The molecule has 18 heavy (non-hydrogen) atoms. The van der Waals surface area contributed by atoms with Crippen molar-refractivity contribution in [2.75, 3.05) is 17.2 Å². The Morgan fingerprint density at radius 3 is 2.56 bits per heavy atom. The lowest BCUT2D eigenvalue weighted by atomic mass is 10.2. The summed E-state index contributed by atoms with van der Waals surface area (Å²) in [4.78, 5) is 12.0. The molecule has 1 aromatic rings. The highest BCUT2D eigenvalue weighted by Gasteiger charge is 2.24. The molecule has 0 saturated carbocycles. The number of anilines is 2. The molecule has 0 spiro atoms. The van der Waals surface area contributed by atoms with Crippen molar-refractivity contribution in [2.24, 2.45) is 5.73 Å². The Hall–Kier alpha value is -2.08. The first-order chi connectivity index (χ1) is 8.63. The van der Waals surface area contributed by atoms with Crippen LogP contribution in [0.3, 0.4) is 0 Å². The molecular formula is C12H13N3O2S. The first-order valence-electron chi connectivity index (χ1n) is 5.47. The van der Waals surface area contributed by atoms with Gasteiger partial charge in [-0.15, -0.1) is 0 Å². The highest BCUT2D eigenvalue weighted by atomic mass is 32.1. The van der Waals surface area contributed by atoms with Gasteiger partial charge in [0.05, 0.1) is 18.0 Å². The quantitative estimate of drug-likeness (QED) is 0.555. The second kappa shape index (κ2) is 5.05. The molecule has 0 saturated heterocycles. The third-order valence-corrected chi connectivity index (χ3v) is 2.73. The van der Waals surface area contributed by atoms with E-state index in [1.54, 1.807) is 6.92 Å². The van der Waals surface area contributed by atoms with Crippen molar-refractivity contribution >= 4 is 34.6 Å². The van der Waals surface area contributed by atoms with Gasteiger partial charge in [0.25, 0.3) is 0 Å². The summed E-state index contributed by atoms with van der Waals surface area (Å²) in [6.07, 6.45) is 0. The second-order valence-electron chi connectivity index (χ2n) is 3.63. The van der Waals surface area contributed by atoms with Crippen molar-refractivity contribution in [1.82, 2.24) is 0 Å². The Balaban J connectivity index is 2.39. The number of nitrogens with two attached hydrogens (primary N) is 1. The smallest absolute Gasteiger partial charge is 0.344 e. The minimum atomic E-state index is -0.534. The maximum atomic E-state index is 11.8. The minimum absolute atomic E-state index is 0.156. The Kier molecular flexibility index (Phi) is 3.47. The molecule has 0 atom stereocenters. The molecule has 6 heteroatoms. The van der Waals surface area contributed by atoms with Crippen LogP contribution in [0.15, 0.2) is 35.7 Å². The number of ether oxygens (including phenoxy) is 1. The summed E-state index contributed by atoms with van der Waals surface area (Å²) in [5.41, 5.74) is 7.54. The van der Waals surface area contributed by atoms with Crippen molar-refractivity contribution in [1.29, 1.82) is 0 Å². The summed E-state index contributed by atoms with van der Waals surface area (Å²) in [7, 11) is 0. The number of thiocarbonyl (C=S) groups is 1. The van der Waals surface area contributed by atoms with Gasteiger partial charge in [0.15, 0.2) is 0 Å². The third kappa shape index (κ3) is 2.28. The monoisotopic (exact) mass is 263 g/mol. The van der Waals surface area contributed by atoms with E-state index in [0.717, 1.165) is 11.4 Å². The zero-order valence-corrected chi connectivity index (χ0v) is 10.6. The van der Waals surface area contributed by atoms with Gasteiger partial charge in [-0.25, -0.2) is 4.79 Å². The lowest BCUT2D eigenvalue weighted by molar-refractivity contribution is -0.137. The number of carbonyl (C=O) groups is 1. The van der Waals surface area contributed by atoms with E-state index < -0.39 is 5.97 Å². The molecule has 0 aromatic heterocycles. The molecule has 1 aliphatic heterocycles. The highest BCUT2D eigenvalue weighted by molar-refractivity contribution is 7.81. The zero-order chi connectivity index (χ0) is 13.1. The lowest BCUT2D eigenvalue weighted by Crippen LogP contribution is -2.25. The van der Waals surface area contributed by atoms with Crippen LogP contribution in [0.1, 0.15) is 6.92 Å². The number of nitrogens with one attached hydrogen (secondary N) is 2. The van der Waals surface area contributed by atoms with E-state index in [-0.39, 0.29) is 23.0 Å². The van der Waals surface area contributed by atoms with Crippen LogP contribution in [-0.2, 0) is 9.53 Å². The molecule has 2 rings (SSSR count).